The molecule has 7 nitrogen and oxygen atoms in total. The zero-order valence-corrected chi connectivity index (χ0v) is 13.8. The third kappa shape index (κ3) is 3.15. The summed E-state index contributed by atoms with van der Waals surface area (Å²) in [5.74, 6) is -0.127. The number of carbonyl (C=O) groups excluding carboxylic acids is 1. The molecule has 0 aliphatic carbocycles. The van der Waals surface area contributed by atoms with Gasteiger partial charge in [-0.3, -0.25) is 4.79 Å². The molecule has 1 unspecified atom stereocenters. The van der Waals surface area contributed by atoms with E-state index >= 15 is 0 Å². The Labute approximate surface area is 146 Å². The number of halogens is 1. The second-order valence-electron chi connectivity index (χ2n) is 5.42. The monoisotopic (exact) mass is 360 g/mol. The van der Waals surface area contributed by atoms with Crippen molar-refractivity contribution in [2.45, 2.75) is 6.04 Å². The van der Waals surface area contributed by atoms with Crippen LogP contribution in [0.15, 0.2) is 40.6 Å². The van der Waals surface area contributed by atoms with Gasteiger partial charge in [-0.2, -0.15) is 4.98 Å². The molecule has 1 aliphatic rings. The van der Waals surface area contributed by atoms with Crippen LogP contribution in [-0.4, -0.2) is 45.7 Å². The largest absolute Gasteiger partial charge is 0.377 e. The average molecular weight is 360 g/mol. The van der Waals surface area contributed by atoms with E-state index < -0.39 is 6.04 Å². The molecule has 1 aliphatic heterocycles. The lowest BCUT2D eigenvalue weighted by atomic mass is 10.2. The zero-order chi connectivity index (χ0) is 17.2. The Hall–Kier alpha value is -2.65. The van der Waals surface area contributed by atoms with Gasteiger partial charge in [0.05, 0.1) is 13.2 Å². The fourth-order valence-electron chi connectivity index (χ4n) is 2.63. The second-order valence-corrected chi connectivity index (χ2v) is 6.28. The molecular formula is C16H13FN4O3S. The molecule has 25 heavy (non-hydrogen) atoms. The van der Waals surface area contributed by atoms with Gasteiger partial charge in [-0.15, -0.1) is 11.3 Å². The Morgan fingerprint density at radius 1 is 1.32 bits per heavy atom. The highest BCUT2D eigenvalue weighted by Gasteiger charge is 2.33. The van der Waals surface area contributed by atoms with E-state index in [0.717, 1.165) is 5.56 Å². The van der Waals surface area contributed by atoms with Crippen LogP contribution < -0.4 is 0 Å². The molecule has 9 heteroatoms. The van der Waals surface area contributed by atoms with Crippen molar-refractivity contribution >= 4 is 17.2 Å². The Morgan fingerprint density at radius 2 is 2.16 bits per heavy atom. The van der Waals surface area contributed by atoms with Crippen molar-refractivity contribution < 1.29 is 18.4 Å². The predicted octanol–water partition coefficient (Wildman–Crippen LogP) is 2.55. The number of morpholine rings is 1. The lowest BCUT2D eigenvalue weighted by molar-refractivity contribution is -0.00602. The van der Waals surface area contributed by atoms with Crippen LogP contribution in [-0.2, 0) is 4.74 Å². The molecule has 0 N–H and O–H groups in total. The van der Waals surface area contributed by atoms with Crippen molar-refractivity contribution in [3.63, 3.8) is 0 Å². The highest BCUT2D eigenvalue weighted by Crippen LogP contribution is 2.27. The minimum absolute atomic E-state index is 0.220. The van der Waals surface area contributed by atoms with Gasteiger partial charge in [-0.05, 0) is 24.3 Å². The highest BCUT2D eigenvalue weighted by atomic mass is 32.1. The van der Waals surface area contributed by atoms with Crippen molar-refractivity contribution in [1.29, 1.82) is 0 Å². The smallest absolute Gasteiger partial charge is 0.274 e. The summed E-state index contributed by atoms with van der Waals surface area (Å²) >= 11 is 1.34. The van der Waals surface area contributed by atoms with E-state index in [9.17, 15) is 9.18 Å². The predicted molar refractivity (Wildman–Crippen MR) is 86.4 cm³/mol. The van der Waals surface area contributed by atoms with Crippen LogP contribution in [0.25, 0.3) is 10.6 Å². The highest BCUT2D eigenvalue weighted by molar-refractivity contribution is 7.13. The fraction of sp³-hybridized carbons (Fsp3) is 0.250. The van der Waals surface area contributed by atoms with Crippen LogP contribution in [0.2, 0.25) is 0 Å². The van der Waals surface area contributed by atoms with Crippen molar-refractivity contribution in [3.8, 4) is 10.6 Å². The number of carbonyl (C=O) groups is 1. The molecule has 128 valence electrons. The van der Waals surface area contributed by atoms with E-state index in [1.165, 1.54) is 29.9 Å². The van der Waals surface area contributed by atoms with Gasteiger partial charge >= 0.3 is 0 Å². The Bertz CT molecular complexity index is 866. The maximum atomic E-state index is 13.0. The SMILES string of the molecule is O=C(c1csc(-c2ccc(F)cc2)n1)N1CCOCC1c1ncon1. The number of benzene rings is 1. The maximum Gasteiger partial charge on any atom is 0.274 e. The summed E-state index contributed by atoms with van der Waals surface area (Å²) in [4.78, 5) is 22.9. The molecule has 0 radical (unpaired) electrons. The third-order valence-electron chi connectivity index (χ3n) is 3.88. The first-order chi connectivity index (χ1) is 12.2. The van der Waals surface area contributed by atoms with Crippen molar-refractivity contribution in [2.24, 2.45) is 0 Å². The van der Waals surface area contributed by atoms with Crippen molar-refractivity contribution in [3.05, 3.63) is 53.4 Å². The van der Waals surface area contributed by atoms with Gasteiger partial charge in [0.15, 0.2) is 5.82 Å². The molecule has 1 fully saturated rings. The normalized spacial score (nSPS) is 17.6. The lowest BCUT2D eigenvalue weighted by Gasteiger charge is -2.33. The van der Waals surface area contributed by atoms with Gasteiger partial charge in [0.1, 0.15) is 22.6 Å². The number of thiazole rings is 1. The van der Waals surface area contributed by atoms with E-state index in [1.807, 2.05) is 0 Å². The lowest BCUT2D eigenvalue weighted by Crippen LogP contribution is -2.44. The van der Waals surface area contributed by atoms with Crippen molar-refractivity contribution in [1.82, 2.24) is 20.0 Å². The van der Waals surface area contributed by atoms with Gasteiger partial charge in [0.2, 0.25) is 6.39 Å². The molecule has 0 bridgehead atoms. The van der Waals surface area contributed by atoms with Gasteiger partial charge < -0.3 is 14.2 Å². The molecule has 1 atom stereocenters. The molecule has 2 aromatic heterocycles. The summed E-state index contributed by atoms with van der Waals surface area (Å²) in [5, 5.41) is 6.17. The molecule has 0 saturated carbocycles. The molecular weight excluding hydrogens is 347 g/mol. The summed E-state index contributed by atoms with van der Waals surface area (Å²) in [6, 6.07) is 5.60. The van der Waals surface area contributed by atoms with Gasteiger partial charge in [-0.1, -0.05) is 5.16 Å². The minimum atomic E-state index is -0.407. The number of amides is 1. The second kappa shape index (κ2) is 6.69. The Morgan fingerprint density at radius 3 is 2.92 bits per heavy atom. The van der Waals surface area contributed by atoms with Gasteiger partial charge in [0.25, 0.3) is 5.91 Å². The van der Waals surface area contributed by atoms with Crippen LogP contribution in [0, 0.1) is 5.82 Å². The van der Waals surface area contributed by atoms with Crippen LogP contribution >= 0.6 is 11.3 Å². The molecule has 1 amide bonds. The molecule has 1 aromatic carbocycles. The third-order valence-corrected chi connectivity index (χ3v) is 4.77. The summed E-state index contributed by atoms with van der Waals surface area (Å²) in [5.41, 5.74) is 1.10. The molecule has 0 spiro atoms. The van der Waals surface area contributed by atoms with Gasteiger partial charge in [0, 0.05) is 17.5 Å². The molecule has 3 aromatic rings. The maximum absolute atomic E-state index is 13.0. The number of aromatic nitrogens is 3. The minimum Gasteiger partial charge on any atom is -0.377 e. The number of rotatable bonds is 3. The topological polar surface area (TPSA) is 81.4 Å². The average Bonchev–Trinajstić information content (AvgIpc) is 3.34. The fourth-order valence-corrected chi connectivity index (χ4v) is 3.43. The van der Waals surface area contributed by atoms with E-state index in [0.29, 0.717) is 36.3 Å². The van der Waals surface area contributed by atoms with E-state index in [4.69, 9.17) is 9.26 Å². The molecule has 3 heterocycles. The quantitative estimate of drug-likeness (QED) is 0.714. The van der Waals surface area contributed by atoms with Crippen molar-refractivity contribution in [2.75, 3.05) is 19.8 Å². The van der Waals surface area contributed by atoms with Gasteiger partial charge in [-0.25, -0.2) is 9.37 Å². The summed E-state index contributed by atoms with van der Waals surface area (Å²) < 4.78 is 23.3. The van der Waals surface area contributed by atoms with Crippen LogP contribution in [0.3, 0.4) is 0 Å². The van der Waals surface area contributed by atoms with E-state index in [2.05, 4.69) is 15.1 Å². The zero-order valence-electron chi connectivity index (χ0n) is 13.0. The Kier molecular flexibility index (Phi) is 4.24. The number of hydrogen-bond acceptors (Lipinski definition) is 7. The van der Waals surface area contributed by atoms with E-state index in [-0.39, 0.29) is 11.7 Å². The summed E-state index contributed by atoms with van der Waals surface area (Å²) in [6.07, 6.45) is 1.22. The number of ether oxygens (including phenoxy) is 1. The first-order valence-electron chi connectivity index (χ1n) is 7.59. The van der Waals surface area contributed by atoms with Crippen LogP contribution in [0.5, 0.6) is 0 Å². The summed E-state index contributed by atoms with van der Waals surface area (Å²) in [6.45, 7) is 1.16. The summed E-state index contributed by atoms with van der Waals surface area (Å²) in [7, 11) is 0. The molecule has 1 saturated heterocycles. The first kappa shape index (κ1) is 15.9. The van der Waals surface area contributed by atoms with Crippen LogP contribution in [0.4, 0.5) is 4.39 Å². The molecule has 4 rings (SSSR count). The Balaban J connectivity index is 1.58. The first-order valence-corrected chi connectivity index (χ1v) is 8.47. The van der Waals surface area contributed by atoms with Crippen LogP contribution in [0.1, 0.15) is 22.4 Å². The number of hydrogen-bond donors (Lipinski definition) is 0. The van der Waals surface area contributed by atoms with E-state index in [1.54, 1.807) is 22.4 Å². The number of nitrogens with zero attached hydrogens (tertiary/aromatic N) is 4. The standard InChI is InChI=1S/C16H13FN4O3S/c17-11-3-1-10(2-4-11)15-19-12(8-25-15)16(22)21-5-6-23-7-13(21)14-18-9-24-20-14/h1-4,8-9,13H,5-7H2.